The molecule has 0 bridgehead atoms. The summed E-state index contributed by atoms with van der Waals surface area (Å²) in [6.07, 6.45) is -1.47. The van der Waals surface area contributed by atoms with E-state index in [9.17, 15) is 33.9 Å². The van der Waals surface area contributed by atoms with Gasteiger partial charge in [0.15, 0.2) is 0 Å². The van der Waals surface area contributed by atoms with Crippen LogP contribution in [0.1, 0.15) is 30.4 Å². The van der Waals surface area contributed by atoms with Gasteiger partial charge in [0.1, 0.15) is 18.1 Å². The summed E-state index contributed by atoms with van der Waals surface area (Å²) in [4.78, 5) is 72.6. The molecule has 4 atom stereocenters. The second kappa shape index (κ2) is 15.6. The maximum atomic E-state index is 13.4. The van der Waals surface area contributed by atoms with Crippen molar-refractivity contribution >= 4 is 35.6 Å². The maximum absolute atomic E-state index is 13.4. The largest absolute Gasteiger partial charge is 0.481 e. The summed E-state index contributed by atoms with van der Waals surface area (Å²) in [5.41, 5.74) is 7.09. The van der Waals surface area contributed by atoms with Crippen LogP contribution < -0.4 is 21.7 Å². The molecule has 2 aromatic rings. The van der Waals surface area contributed by atoms with Gasteiger partial charge in [0.25, 0.3) is 0 Å². The number of carboxylic acid groups (broad SMARTS) is 3. The summed E-state index contributed by atoms with van der Waals surface area (Å²) in [7, 11) is 0. The lowest BCUT2D eigenvalue weighted by Gasteiger charge is -2.25. The predicted octanol–water partition coefficient (Wildman–Crippen LogP) is -0.322. The van der Waals surface area contributed by atoms with Crippen molar-refractivity contribution in [3.8, 4) is 0 Å². The molecule has 13 heteroatoms. The van der Waals surface area contributed by atoms with Crippen LogP contribution in [-0.2, 0) is 41.6 Å². The van der Waals surface area contributed by atoms with Crippen molar-refractivity contribution in [3.05, 3.63) is 71.8 Å². The molecule has 2 aromatic carbocycles. The molecule has 13 nitrogen and oxygen atoms in total. The van der Waals surface area contributed by atoms with E-state index in [-0.39, 0.29) is 25.7 Å². The molecule has 0 aliphatic rings. The fourth-order valence-electron chi connectivity index (χ4n) is 3.73. The lowest BCUT2D eigenvalue weighted by Crippen LogP contribution is -2.58. The van der Waals surface area contributed by atoms with Crippen molar-refractivity contribution in [1.29, 1.82) is 0 Å². The zero-order valence-electron chi connectivity index (χ0n) is 21.5. The number of nitrogens with two attached hydrogens (primary N) is 1. The summed E-state index contributed by atoms with van der Waals surface area (Å²) in [5.74, 6) is -6.64. The third kappa shape index (κ3) is 10.9. The molecule has 0 radical (unpaired) electrons. The highest BCUT2D eigenvalue weighted by Gasteiger charge is 2.31. The fraction of sp³-hybridized carbons (Fsp3) is 0.333. The highest BCUT2D eigenvalue weighted by Crippen LogP contribution is 2.08. The second-order valence-corrected chi connectivity index (χ2v) is 9.04. The minimum Gasteiger partial charge on any atom is -0.481 e. The lowest BCUT2D eigenvalue weighted by molar-refractivity contribution is -0.147. The van der Waals surface area contributed by atoms with Crippen LogP contribution in [-0.4, -0.2) is 75.1 Å². The molecular formula is C27H32N4O9. The molecule has 2 rings (SSSR count). The van der Waals surface area contributed by atoms with Crippen molar-refractivity contribution in [2.24, 2.45) is 5.73 Å². The maximum Gasteiger partial charge on any atom is 0.326 e. The monoisotopic (exact) mass is 556 g/mol. The van der Waals surface area contributed by atoms with E-state index < -0.39 is 66.2 Å². The van der Waals surface area contributed by atoms with Crippen molar-refractivity contribution in [2.45, 2.75) is 56.3 Å². The average molecular weight is 557 g/mol. The molecule has 0 aliphatic heterocycles. The highest BCUT2D eigenvalue weighted by molar-refractivity contribution is 5.95. The Labute approximate surface area is 229 Å². The first kappa shape index (κ1) is 31.4. The van der Waals surface area contributed by atoms with Crippen LogP contribution >= 0.6 is 0 Å². The van der Waals surface area contributed by atoms with Gasteiger partial charge in [0, 0.05) is 19.3 Å². The first-order valence-electron chi connectivity index (χ1n) is 12.4. The van der Waals surface area contributed by atoms with Crippen LogP contribution in [0.4, 0.5) is 0 Å². The van der Waals surface area contributed by atoms with Crippen LogP contribution in [0.25, 0.3) is 0 Å². The van der Waals surface area contributed by atoms with E-state index in [1.807, 2.05) is 0 Å². The Morgan fingerprint density at radius 1 is 0.625 bits per heavy atom. The topological polar surface area (TPSA) is 225 Å². The SMILES string of the molecule is NC(CCC(=O)O)C(=O)NC(Cc1ccccc1)C(=O)NC(Cc1ccccc1)C(=O)NC(CC(=O)O)C(=O)O. The van der Waals surface area contributed by atoms with Gasteiger partial charge in [-0.2, -0.15) is 0 Å². The average Bonchev–Trinajstić information content (AvgIpc) is 2.91. The molecule has 0 heterocycles. The molecule has 0 saturated heterocycles. The lowest BCUT2D eigenvalue weighted by atomic mass is 10.0. The standard InChI is InChI=1S/C27H32N4O9/c28-18(11-12-22(32)33)24(36)29-19(13-16-7-3-1-4-8-16)25(37)30-20(14-17-9-5-2-6-10-17)26(38)31-21(27(39)40)15-23(34)35/h1-10,18-21H,11-15,28H2,(H,29,36)(H,30,37)(H,31,38)(H,32,33)(H,34,35)(H,39,40). The van der Waals surface area contributed by atoms with Crippen molar-refractivity contribution in [3.63, 3.8) is 0 Å². The van der Waals surface area contributed by atoms with Gasteiger partial charge in [-0.1, -0.05) is 60.7 Å². The Kier molecular flexibility index (Phi) is 12.3. The van der Waals surface area contributed by atoms with Crippen molar-refractivity contribution in [1.82, 2.24) is 16.0 Å². The Balaban J connectivity index is 2.29. The molecule has 214 valence electrons. The summed E-state index contributed by atoms with van der Waals surface area (Å²) >= 11 is 0. The number of amides is 3. The first-order valence-corrected chi connectivity index (χ1v) is 12.4. The summed E-state index contributed by atoms with van der Waals surface area (Å²) in [6, 6.07) is 11.6. The molecule has 8 N–H and O–H groups in total. The number of carboxylic acids is 3. The van der Waals surface area contributed by atoms with Gasteiger partial charge in [-0.25, -0.2) is 4.79 Å². The molecule has 4 unspecified atom stereocenters. The van der Waals surface area contributed by atoms with Crippen LogP contribution in [0, 0.1) is 0 Å². The molecule has 0 saturated carbocycles. The smallest absolute Gasteiger partial charge is 0.326 e. The number of rotatable bonds is 16. The molecule has 0 spiro atoms. The molecule has 40 heavy (non-hydrogen) atoms. The van der Waals surface area contributed by atoms with Crippen molar-refractivity contribution in [2.75, 3.05) is 0 Å². The van der Waals surface area contributed by atoms with Crippen LogP contribution in [0.15, 0.2) is 60.7 Å². The zero-order valence-corrected chi connectivity index (χ0v) is 21.5. The highest BCUT2D eigenvalue weighted by atomic mass is 16.4. The number of hydrogen-bond donors (Lipinski definition) is 7. The van der Waals surface area contributed by atoms with Gasteiger partial charge in [-0.3, -0.25) is 24.0 Å². The molecule has 0 aromatic heterocycles. The Hall–Kier alpha value is -4.78. The van der Waals surface area contributed by atoms with E-state index in [4.69, 9.17) is 15.9 Å². The van der Waals surface area contributed by atoms with Crippen LogP contribution in [0.3, 0.4) is 0 Å². The van der Waals surface area contributed by atoms with Gasteiger partial charge in [-0.15, -0.1) is 0 Å². The summed E-state index contributed by atoms with van der Waals surface area (Å²) < 4.78 is 0. The predicted molar refractivity (Wildman–Crippen MR) is 141 cm³/mol. The number of benzene rings is 2. The van der Waals surface area contributed by atoms with Gasteiger partial charge in [-0.05, 0) is 17.5 Å². The van der Waals surface area contributed by atoms with E-state index >= 15 is 0 Å². The Morgan fingerprint density at radius 3 is 1.45 bits per heavy atom. The quantitative estimate of drug-likeness (QED) is 0.143. The fourth-order valence-corrected chi connectivity index (χ4v) is 3.73. The van der Waals surface area contributed by atoms with E-state index in [2.05, 4.69) is 16.0 Å². The van der Waals surface area contributed by atoms with Crippen LogP contribution in [0.2, 0.25) is 0 Å². The van der Waals surface area contributed by atoms with E-state index in [0.29, 0.717) is 11.1 Å². The minimum absolute atomic E-state index is 0.000501. The Morgan fingerprint density at radius 2 is 1.05 bits per heavy atom. The summed E-state index contributed by atoms with van der Waals surface area (Å²) in [6.45, 7) is 0. The normalized spacial score (nSPS) is 13.6. The molecular weight excluding hydrogens is 524 g/mol. The Bertz CT molecular complexity index is 1190. The number of aliphatic carboxylic acids is 3. The van der Waals surface area contributed by atoms with E-state index in [0.717, 1.165) is 0 Å². The number of carbonyl (C=O) groups excluding carboxylic acids is 3. The zero-order chi connectivity index (χ0) is 29.7. The molecule has 0 aliphatic carbocycles. The molecule has 3 amide bonds. The summed E-state index contributed by atoms with van der Waals surface area (Å²) in [5, 5.41) is 34.4. The van der Waals surface area contributed by atoms with Crippen molar-refractivity contribution < 1.29 is 44.1 Å². The number of nitrogens with one attached hydrogen (secondary N) is 3. The van der Waals surface area contributed by atoms with Gasteiger partial charge in [0.05, 0.1) is 12.5 Å². The number of hydrogen-bond acceptors (Lipinski definition) is 7. The second-order valence-electron chi connectivity index (χ2n) is 9.04. The minimum atomic E-state index is -1.74. The van der Waals surface area contributed by atoms with Gasteiger partial charge < -0.3 is 37.0 Å². The van der Waals surface area contributed by atoms with Gasteiger partial charge >= 0.3 is 17.9 Å². The molecule has 0 fully saturated rings. The first-order chi connectivity index (χ1) is 19.0. The van der Waals surface area contributed by atoms with E-state index in [1.165, 1.54) is 0 Å². The third-order valence-corrected chi connectivity index (χ3v) is 5.83. The van der Waals surface area contributed by atoms with Gasteiger partial charge in [0.2, 0.25) is 17.7 Å². The third-order valence-electron chi connectivity index (χ3n) is 5.83. The van der Waals surface area contributed by atoms with Crippen LogP contribution in [0.5, 0.6) is 0 Å². The number of carbonyl (C=O) groups is 6. The van der Waals surface area contributed by atoms with E-state index in [1.54, 1.807) is 60.7 Å².